The lowest BCUT2D eigenvalue weighted by molar-refractivity contribution is 0.0746. The third-order valence-corrected chi connectivity index (χ3v) is 4.72. The number of benzene rings is 1. The molecule has 3 aromatic rings. The molecule has 0 aliphatic carbocycles. The number of pyridine rings is 1. The second-order valence-corrected chi connectivity index (χ2v) is 6.59. The minimum Gasteiger partial charge on any atom is -0.352 e. The summed E-state index contributed by atoms with van der Waals surface area (Å²) < 4.78 is 0. The zero-order chi connectivity index (χ0) is 20.1. The van der Waals surface area contributed by atoms with E-state index in [1.54, 1.807) is 30.5 Å². The molecule has 0 radical (unpaired) electrons. The van der Waals surface area contributed by atoms with E-state index in [0.29, 0.717) is 48.9 Å². The van der Waals surface area contributed by atoms with Gasteiger partial charge in [0.1, 0.15) is 5.82 Å². The first-order chi connectivity index (χ1) is 14.2. The van der Waals surface area contributed by atoms with Crippen LogP contribution in [-0.2, 0) is 0 Å². The van der Waals surface area contributed by atoms with Crippen molar-refractivity contribution < 1.29 is 4.79 Å². The van der Waals surface area contributed by atoms with Crippen LogP contribution in [0.2, 0.25) is 0 Å². The molecule has 0 bridgehead atoms. The van der Waals surface area contributed by atoms with Gasteiger partial charge in [-0.25, -0.2) is 4.98 Å². The summed E-state index contributed by atoms with van der Waals surface area (Å²) in [6, 6.07) is 18.2. The number of piperazine rings is 1. The van der Waals surface area contributed by atoms with Crippen LogP contribution in [0.15, 0.2) is 60.8 Å². The first-order valence-electron chi connectivity index (χ1n) is 9.29. The molecule has 1 aliphatic heterocycles. The Morgan fingerprint density at radius 3 is 2.34 bits per heavy atom. The Kier molecular flexibility index (Phi) is 5.29. The fourth-order valence-electron chi connectivity index (χ4n) is 3.14. The van der Waals surface area contributed by atoms with Crippen molar-refractivity contribution in [3.05, 3.63) is 71.9 Å². The van der Waals surface area contributed by atoms with Gasteiger partial charge in [0, 0.05) is 37.9 Å². The van der Waals surface area contributed by atoms with Gasteiger partial charge in [-0.15, -0.1) is 10.2 Å². The molecule has 0 atom stereocenters. The van der Waals surface area contributed by atoms with E-state index < -0.39 is 0 Å². The highest BCUT2D eigenvalue weighted by molar-refractivity contribution is 5.94. The predicted octanol–water partition coefficient (Wildman–Crippen LogP) is 2.45. The van der Waals surface area contributed by atoms with Crippen molar-refractivity contribution in [2.45, 2.75) is 0 Å². The van der Waals surface area contributed by atoms with E-state index in [1.165, 1.54) is 0 Å². The molecule has 1 amide bonds. The van der Waals surface area contributed by atoms with E-state index in [2.05, 4.69) is 31.5 Å². The zero-order valence-corrected chi connectivity index (χ0v) is 15.7. The van der Waals surface area contributed by atoms with Crippen LogP contribution in [-0.4, -0.2) is 52.2 Å². The van der Waals surface area contributed by atoms with E-state index in [0.717, 1.165) is 5.82 Å². The zero-order valence-electron chi connectivity index (χ0n) is 15.7. The fourth-order valence-corrected chi connectivity index (χ4v) is 3.14. The minimum atomic E-state index is -0.0184. The van der Waals surface area contributed by atoms with Crippen molar-refractivity contribution in [2.75, 3.05) is 36.4 Å². The van der Waals surface area contributed by atoms with Crippen molar-refractivity contribution >= 4 is 23.4 Å². The van der Waals surface area contributed by atoms with Gasteiger partial charge in [0.05, 0.1) is 11.6 Å². The molecule has 0 spiro atoms. The smallest absolute Gasteiger partial charge is 0.253 e. The Balaban J connectivity index is 1.34. The molecule has 1 aromatic carbocycles. The van der Waals surface area contributed by atoms with Crippen molar-refractivity contribution in [3.63, 3.8) is 0 Å². The quantitative estimate of drug-likeness (QED) is 0.736. The van der Waals surface area contributed by atoms with Gasteiger partial charge < -0.3 is 15.1 Å². The van der Waals surface area contributed by atoms with E-state index in [9.17, 15) is 4.79 Å². The maximum absolute atomic E-state index is 12.6. The summed E-state index contributed by atoms with van der Waals surface area (Å²) in [6.45, 7) is 2.58. The molecule has 2 aromatic heterocycles. The van der Waals surface area contributed by atoms with Crippen LogP contribution in [0.1, 0.15) is 15.9 Å². The highest BCUT2D eigenvalue weighted by atomic mass is 16.2. The standard InChI is InChI=1S/C21H19N7O/c22-15-16-4-6-17(7-5-16)21(29)28-13-11-27(12-14-28)20-9-8-19(25-26-20)24-18-3-1-2-10-23-18/h1-10H,11-14H2,(H,23,24,25). The maximum atomic E-state index is 12.6. The van der Waals surface area contributed by atoms with E-state index in [-0.39, 0.29) is 5.91 Å². The van der Waals surface area contributed by atoms with Gasteiger partial charge in [0.25, 0.3) is 5.91 Å². The molecule has 0 saturated carbocycles. The van der Waals surface area contributed by atoms with Gasteiger partial charge >= 0.3 is 0 Å². The average Bonchev–Trinajstić information content (AvgIpc) is 2.80. The highest BCUT2D eigenvalue weighted by Crippen LogP contribution is 2.17. The number of carbonyl (C=O) groups excluding carboxylic acids is 1. The summed E-state index contributed by atoms with van der Waals surface area (Å²) in [4.78, 5) is 20.8. The fraction of sp³-hybridized carbons (Fsp3) is 0.190. The lowest BCUT2D eigenvalue weighted by Gasteiger charge is -2.35. The van der Waals surface area contributed by atoms with Gasteiger partial charge in [0.2, 0.25) is 0 Å². The van der Waals surface area contributed by atoms with Gasteiger partial charge in [-0.3, -0.25) is 4.79 Å². The third-order valence-electron chi connectivity index (χ3n) is 4.72. The highest BCUT2D eigenvalue weighted by Gasteiger charge is 2.23. The Morgan fingerprint density at radius 1 is 0.931 bits per heavy atom. The molecule has 4 rings (SSSR count). The monoisotopic (exact) mass is 385 g/mol. The first-order valence-corrected chi connectivity index (χ1v) is 9.29. The van der Waals surface area contributed by atoms with Gasteiger partial charge in [0.15, 0.2) is 11.6 Å². The molecule has 1 fully saturated rings. The number of amides is 1. The summed E-state index contributed by atoms with van der Waals surface area (Å²) in [5.41, 5.74) is 1.15. The molecular formula is C21H19N7O. The second-order valence-electron chi connectivity index (χ2n) is 6.59. The molecule has 8 nitrogen and oxygen atoms in total. The molecule has 3 heterocycles. The van der Waals surface area contributed by atoms with Gasteiger partial charge in [-0.05, 0) is 48.5 Å². The first kappa shape index (κ1) is 18.4. The molecular weight excluding hydrogens is 366 g/mol. The summed E-state index contributed by atoms with van der Waals surface area (Å²) in [5, 5.41) is 20.5. The topological polar surface area (TPSA) is 98.0 Å². The molecule has 1 saturated heterocycles. The SMILES string of the molecule is N#Cc1ccc(C(=O)N2CCN(c3ccc(Nc4ccccn4)nn3)CC2)cc1. The molecule has 0 unspecified atom stereocenters. The predicted molar refractivity (Wildman–Crippen MR) is 109 cm³/mol. The van der Waals surface area contributed by atoms with E-state index in [1.807, 2.05) is 35.2 Å². The number of nitrogens with zero attached hydrogens (tertiary/aromatic N) is 6. The number of anilines is 3. The van der Waals surface area contributed by atoms with Crippen LogP contribution >= 0.6 is 0 Å². The summed E-state index contributed by atoms with van der Waals surface area (Å²) >= 11 is 0. The van der Waals surface area contributed by atoms with E-state index >= 15 is 0 Å². The molecule has 29 heavy (non-hydrogen) atoms. The number of aromatic nitrogens is 3. The largest absolute Gasteiger partial charge is 0.352 e. The van der Waals surface area contributed by atoms with Crippen LogP contribution in [0.3, 0.4) is 0 Å². The van der Waals surface area contributed by atoms with Crippen molar-refractivity contribution in [1.29, 1.82) is 5.26 Å². The summed E-state index contributed by atoms with van der Waals surface area (Å²) in [7, 11) is 0. The van der Waals surface area contributed by atoms with Crippen molar-refractivity contribution in [1.82, 2.24) is 20.1 Å². The summed E-state index contributed by atoms with van der Waals surface area (Å²) in [6.07, 6.45) is 1.71. The lowest BCUT2D eigenvalue weighted by Crippen LogP contribution is -2.49. The molecule has 1 aliphatic rings. The Morgan fingerprint density at radius 2 is 1.72 bits per heavy atom. The summed E-state index contributed by atoms with van der Waals surface area (Å²) in [5.74, 6) is 2.10. The molecule has 1 N–H and O–H groups in total. The van der Waals surface area contributed by atoms with Crippen molar-refractivity contribution in [2.24, 2.45) is 0 Å². The van der Waals surface area contributed by atoms with Crippen LogP contribution < -0.4 is 10.2 Å². The lowest BCUT2D eigenvalue weighted by atomic mass is 10.1. The Bertz CT molecular complexity index is 1010. The number of hydrogen-bond acceptors (Lipinski definition) is 7. The number of rotatable bonds is 4. The van der Waals surface area contributed by atoms with Crippen molar-refractivity contribution in [3.8, 4) is 6.07 Å². The third kappa shape index (κ3) is 4.30. The Hall–Kier alpha value is -3.99. The minimum absolute atomic E-state index is 0.0184. The van der Waals surface area contributed by atoms with Crippen LogP contribution in [0.5, 0.6) is 0 Å². The van der Waals surface area contributed by atoms with Gasteiger partial charge in [-0.2, -0.15) is 5.26 Å². The van der Waals surface area contributed by atoms with E-state index in [4.69, 9.17) is 5.26 Å². The van der Waals surface area contributed by atoms with Crippen LogP contribution in [0, 0.1) is 11.3 Å². The number of hydrogen-bond donors (Lipinski definition) is 1. The number of nitrogens with one attached hydrogen (secondary N) is 1. The second kappa shape index (κ2) is 8.35. The molecule has 8 heteroatoms. The molecule has 144 valence electrons. The number of nitriles is 1. The Labute approximate surface area is 168 Å². The van der Waals surface area contributed by atoms with Gasteiger partial charge in [-0.1, -0.05) is 6.07 Å². The van der Waals surface area contributed by atoms with Crippen LogP contribution in [0.25, 0.3) is 0 Å². The normalized spacial score (nSPS) is 13.6. The maximum Gasteiger partial charge on any atom is 0.253 e. The average molecular weight is 385 g/mol. The number of carbonyl (C=O) groups is 1. The van der Waals surface area contributed by atoms with Crippen LogP contribution in [0.4, 0.5) is 17.5 Å².